The predicted molar refractivity (Wildman–Crippen MR) is 119 cm³/mol. The van der Waals surface area contributed by atoms with Crippen LogP contribution in [0.4, 0.5) is 4.79 Å². The SMILES string of the molecule is CCCC(CNC(=NC)N1CCC2(CCOC2)C1)NC(=O)OC(C)(C)C.I. The lowest BCUT2D eigenvalue weighted by molar-refractivity contribution is 0.0502. The molecule has 0 radical (unpaired) electrons. The average molecular weight is 496 g/mol. The highest BCUT2D eigenvalue weighted by Gasteiger charge is 2.42. The number of aliphatic imine (C=N–C) groups is 1. The minimum absolute atomic E-state index is 0. The molecule has 0 bridgehead atoms. The van der Waals surface area contributed by atoms with Crippen molar-refractivity contribution in [2.45, 2.75) is 65.0 Å². The molecular formula is C19H37IN4O3. The number of likely N-dealkylation sites (tertiary alicyclic amines) is 1. The molecule has 2 heterocycles. The molecule has 0 saturated carbocycles. The van der Waals surface area contributed by atoms with E-state index in [1.807, 2.05) is 27.8 Å². The summed E-state index contributed by atoms with van der Waals surface area (Å²) in [7, 11) is 1.81. The third-order valence-corrected chi connectivity index (χ3v) is 5.00. The summed E-state index contributed by atoms with van der Waals surface area (Å²) in [6, 6.07) is 0.0120. The molecule has 1 spiro atoms. The lowest BCUT2D eigenvalue weighted by Gasteiger charge is -2.27. The molecule has 8 heteroatoms. The van der Waals surface area contributed by atoms with Gasteiger partial charge in [-0.3, -0.25) is 4.99 Å². The second-order valence-corrected chi connectivity index (χ2v) is 8.53. The molecule has 0 aromatic carbocycles. The molecule has 2 rings (SSSR count). The van der Waals surface area contributed by atoms with Gasteiger partial charge in [-0.25, -0.2) is 4.79 Å². The molecule has 2 fully saturated rings. The maximum Gasteiger partial charge on any atom is 0.407 e. The molecular weight excluding hydrogens is 459 g/mol. The third-order valence-electron chi connectivity index (χ3n) is 5.00. The van der Waals surface area contributed by atoms with E-state index in [0.717, 1.165) is 57.9 Å². The van der Waals surface area contributed by atoms with E-state index < -0.39 is 5.60 Å². The maximum absolute atomic E-state index is 12.1. The summed E-state index contributed by atoms with van der Waals surface area (Å²) in [6.07, 6.45) is 3.81. The average Bonchev–Trinajstić information content (AvgIpc) is 3.17. The van der Waals surface area contributed by atoms with Gasteiger partial charge in [-0.15, -0.1) is 24.0 Å². The molecule has 2 N–H and O–H groups in total. The summed E-state index contributed by atoms with van der Waals surface area (Å²) in [5.41, 5.74) is -0.188. The molecule has 0 aromatic rings. The molecule has 0 aliphatic carbocycles. The number of hydrogen-bond donors (Lipinski definition) is 2. The van der Waals surface area contributed by atoms with Gasteiger partial charge in [-0.1, -0.05) is 13.3 Å². The second kappa shape index (κ2) is 10.7. The quantitative estimate of drug-likeness (QED) is 0.348. The Hall–Kier alpha value is -0.770. The zero-order valence-electron chi connectivity index (χ0n) is 17.5. The molecule has 1 amide bonds. The van der Waals surface area contributed by atoms with E-state index in [1.165, 1.54) is 0 Å². The molecule has 27 heavy (non-hydrogen) atoms. The first kappa shape index (κ1) is 24.3. The highest BCUT2D eigenvalue weighted by molar-refractivity contribution is 14.0. The van der Waals surface area contributed by atoms with Gasteiger partial charge in [0.25, 0.3) is 0 Å². The van der Waals surface area contributed by atoms with Crippen molar-refractivity contribution in [1.29, 1.82) is 0 Å². The fourth-order valence-electron chi connectivity index (χ4n) is 3.68. The largest absolute Gasteiger partial charge is 0.444 e. The zero-order chi connectivity index (χ0) is 19.2. The van der Waals surface area contributed by atoms with Crippen molar-refractivity contribution >= 4 is 36.0 Å². The Morgan fingerprint density at radius 1 is 1.37 bits per heavy atom. The van der Waals surface area contributed by atoms with Gasteiger partial charge in [-0.2, -0.15) is 0 Å². The van der Waals surface area contributed by atoms with Gasteiger partial charge in [0.05, 0.1) is 6.61 Å². The maximum atomic E-state index is 12.1. The van der Waals surface area contributed by atoms with E-state index in [9.17, 15) is 4.79 Å². The van der Waals surface area contributed by atoms with E-state index in [4.69, 9.17) is 9.47 Å². The number of nitrogens with zero attached hydrogens (tertiary/aromatic N) is 2. The Balaban J connectivity index is 0.00000364. The number of hydrogen-bond acceptors (Lipinski definition) is 4. The van der Waals surface area contributed by atoms with Gasteiger partial charge >= 0.3 is 6.09 Å². The topological polar surface area (TPSA) is 75.2 Å². The fraction of sp³-hybridized carbons (Fsp3) is 0.895. The van der Waals surface area contributed by atoms with E-state index in [-0.39, 0.29) is 36.1 Å². The standard InChI is InChI=1S/C19H36N4O3.HI/c1-6-7-15(22-17(24)26-18(2,3)4)12-21-16(20-5)23-10-8-19(13-23)9-11-25-14-19;/h15H,6-14H2,1-5H3,(H,20,21)(H,22,24);1H. The first-order valence-corrected chi connectivity index (χ1v) is 9.80. The number of alkyl carbamates (subject to hydrolysis) is 1. The number of guanidine groups is 1. The zero-order valence-corrected chi connectivity index (χ0v) is 19.8. The van der Waals surface area contributed by atoms with Crippen molar-refractivity contribution in [1.82, 2.24) is 15.5 Å². The molecule has 2 aliphatic heterocycles. The van der Waals surface area contributed by atoms with Gasteiger partial charge in [0.15, 0.2) is 5.96 Å². The van der Waals surface area contributed by atoms with E-state index in [0.29, 0.717) is 12.0 Å². The summed E-state index contributed by atoms with van der Waals surface area (Å²) in [6.45, 7) is 12.1. The first-order valence-electron chi connectivity index (χ1n) is 9.80. The molecule has 158 valence electrons. The fourth-order valence-corrected chi connectivity index (χ4v) is 3.68. The van der Waals surface area contributed by atoms with Crippen molar-refractivity contribution in [3.05, 3.63) is 0 Å². The Labute approximate surface area is 181 Å². The molecule has 2 atom stereocenters. The second-order valence-electron chi connectivity index (χ2n) is 8.53. The summed E-state index contributed by atoms with van der Waals surface area (Å²) in [5, 5.41) is 6.41. The van der Waals surface area contributed by atoms with Gasteiger partial charge in [0.1, 0.15) is 5.60 Å². The van der Waals surface area contributed by atoms with Crippen molar-refractivity contribution in [3.63, 3.8) is 0 Å². The number of amides is 1. The van der Waals surface area contributed by atoms with Crippen LogP contribution in [0.1, 0.15) is 53.4 Å². The number of carbonyl (C=O) groups excluding carboxylic acids is 1. The lowest BCUT2D eigenvalue weighted by Crippen LogP contribution is -2.49. The van der Waals surface area contributed by atoms with Crippen molar-refractivity contribution in [2.75, 3.05) is 39.9 Å². The summed E-state index contributed by atoms with van der Waals surface area (Å²) >= 11 is 0. The van der Waals surface area contributed by atoms with E-state index in [1.54, 1.807) is 0 Å². The molecule has 2 saturated heterocycles. The summed E-state index contributed by atoms with van der Waals surface area (Å²) < 4.78 is 11.0. The van der Waals surface area contributed by atoms with Crippen LogP contribution < -0.4 is 10.6 Å². The third kappa shape index (κ3) is 7.63. The van der Waals surface area contributed by atoms with Crippen LogP contribution in [0, 0.1) is 5.41 Å². The number of nitrogens with one attached hydrogen (secondary N) is 2. The van der Waals surface area contributed by atoms with Crippen LogP contribution in [0.15, 0.2) is 4.99 Å². The van der Waals surface area contributed by atoms with Gasteiger partial charge in [-0.05, 0) is 40.0 Å². The Morgan fingerprint density at radius 2 is 2.11 bits per heavy atom. The van der Waals surface area contributed by atoms with Crippen LogP contribution in [0.25, 0.3) is 0 Å². The van der Waals surface area contributed by atoms with Gasteiger partial charge in [0.2, 0.25) is 0 Å². The van der Waals surface area contributed by atoms with E-state index >= 15 is 0 Å². The lowest BCUT2D eigenvalue weighted by atomic mass is 9.87. The van der Waals surface area contributed by atoms with Crippen LogP contribution in [0.5, 0.6) is 0 Å². The highest BCUT2D eigenvalue weighted by atomic mass is 127. The Bertz CT molecular complexity index is 502. The monoisotopic (exact) mass is 496 g/mol. The minimum Gasteiger partial charge on any atom is -0.444 e. The number of carbonyl (C=O) groups is 1. The van der Waals surface area contributed by atoms with Crippen molar-refractivity contribution in [2.24, 2.45) is 10.4 Å². The van der Waals surface area contributed by atoms with E-state index in [2.05, 4.69) is 27.4 Å². The van der Waals surface area contributed by atoms with Crippen LogP contribution in [-0.2, 0) is 9.47 Å². The Morgan fingerprint density at radius 3 is 2.67 bits per heavy atom. The number of rotatable bonds is 5. The normalized spacial score (nSPS) is 23.9. The predicted octanol–water partition coefficient (Wildman–Crippen LogP) is 2.99. The van der Waals surface area contributed by atoms with Crippen LogP contribution >= 0.6 is 24.0 Å². The van der Waals surface area contributed by atoms with Gasteiger partial charge in [0, 0.05) is 44.7 Å². The summed E-state index contributed by atoms with van der Waals surface area (Å²) in [5.74, 6) is 0.904. The molecule has 0 aromatic heterocycles. The Kier molecular flexibility index (Phi) is 9.61. The number of halogens is 1. The van der Waals surface area contributed by atoms with Crippen LogP contribution in [0.3, 0.4) is 0 Å². The van der Waals surface area contributed by atoms with Crippen molar-refractivity contribution in [3.8, 4) is 0 Å². The van der Waals surface area contributed by atoms with Crippen molar-refractivity contribution < 1.29 is 14.3 Å². The highest BCUT2D eigenvalue weighted by Crippen LogP contribution is 2.38. The van der Waals surface area contributed by atoms with Crippen LogP contribution in [0.2, 0.25) is 0 Å². The number of ether oxygens (including phenoxy) is 2. The first-order chi connectivity index (χ1) is 12.3. The van der Waals surface area contributed by atoms with Crippen LogP contribution in [-0.4, -0.2) is 68.5 Å². The van der Waals surface area contributed by atoms with Gasteiger partial charge < -0.3 is 25.0 Å². The molecule has 7 nitrogen and oxygen atoms in total. The smallest absolute Gasteiger partial charge is 0.407 e. The summed E-state index contributed by atoms with van der Waals surface area (Å²) in [4.78, 5) is 18.8. The molecule has 2 aliphatic rings. The minimum atomic E-state index is -0.489. The molecule has 2 unspecified atom stereocenters.